The number of nitrogens with one attached hydrogen (secondary N) is 2. The van der Waals surface area contributed by atoms with Crippen molar-refractivity contribution in [2.45, 2.75) is 13.0 Å². The van der Waals surface area contributed by atoms with Crippen molar-refractivity contribution in [2.75, 3.05) is 25.6 Å². The highest BCUT2D eigenvalue weighted by molar-refractivity contribution is 5.98. The van der Waals surface area contributed by atoms with Crippen LogP contribution in [0.1, 0.15) is 17.3 Å². The lowest BCUT2D eigenvalue weighted by Crippen LogP contribution is -2.39. The third-order valence-electron chi connectivity index (χ3n) is 2.46. The van der Waals surface area contributed by atoms with Crippen LogP contribution in [0.2, 0.25) is 0 Å². The number of carbonyl (C=O) groups excluding carboxylic acids is 2. The Labute approximate surface area is 112 Å². The number of ether oxygens (including phenoxy) is 1. The number of anilines is 1. The van der Waals surface area contributed by atoms with E-state index in [2.05, 4.69) is 10.6 Å². The van der Waals surface area contributed by atoms with Gasteiger partial charge < -0.3 is 21.1 Å². The van der Waals surface area contributed by atoms with E-state index in [1.807, 2.05) is 6.92 Å². The van der Waals surface area contributed by atoms with E-state index in [1.165, 1.54) is 0 Å². The van der Waals surface area contributed by atoms with E-state index in [1.54, 1.807) is 31.4 Å². The second kappa shape index (κ2) is 7.38. The summed E-state index contributed by atoms with van der Waals surface area (Å²) >= 11 is 0. The van der Waals surface area contributed by atoms with Crippen molar-refractivity contribution < 1.29 is 14.3 Å². The molecule has 2 amide bonds. The van der Waals surface area contributed by atoms with E-state index in [9.17, 15) is 9.59 Å². The number of carbonyl (C=O) groups is 2. The molecule has 1 aromatic carbocycles. The predicted molar refractivity (Wildman–Crippen MR) is 72.9 cm³/mol. The number of hydrogen-bond acceptors (Lipinski definition) is 4. The molecule has 1 unspecified atom stereocenters. The van der Waals surface area contributed by atoms with Crippen molar-refractivity contribution >= 4 is 17.5 Å². The molecule has 0 aliphatic carbocycles. The van der Waals surface area contributed by atoms with Gasteiger partial charge in [-0.2, -0.15) is 0 Å². The molecule has 0 saturated carbocycles. The molecule has 6 heteroatoms. The Bertz CT molecular complexity index is 449. The Balaban J connectivity index is 2.53. The predicted octanol–water partition coefficient (Wildman–Crippen LogP) is 0.349. The van der Waals surface area contributed by atoms with E-state index in [-0.39, 0.29) is 18.5 Å². The number of nitrogens with two attached hydrogens (primary N) is 1. The Morgan fingerprint density at radius 2 is 2.05 bits per heavy atom. The summed E-state index contributed by atoms with van der Waals surface area (Å²) < 4.78 is 4.92. The Morgan fingerprint density at radius 3 is 2.68 bits per heavy atom. The Morgan fingerprint density at radius 1 is 1.37 bits per heavy atom. The highest BCUT2D eigenvalue weighted by atomic mass is 16.5. The second-order valence-corrected chi connectivity index (χ2v) is 4.19. The van der Waals surface area contributed by atoms with Crippen LogP contribution in [0.3, 0.4) is 0 Å². The first-order chi connectivity index (χ1) is 9.04. The fourth-order valence-electron chi connectivity index (χ4n) is 1.65. The Hall–Kier alpha value is -2.08. The quantitative estimate of drug-likeness (QED) is 0.663. The minimum absolute atomic E-state index is 0.0642. The highest BCUT2D eigenvalue weighted by Crippen LogP contribution is 2.13. The fourth-order valence-corrected chi connectivity index (χ4v) is 1.65. The summed E-state index contributed by atoms with van der Waals surface area (Å²) in [6.07, 6.45) is 0. The molecule has 4 N–H and O–H groups in total. The van der Waals surface area contributed by atoms with Crippen LogP contribution in [-0.2, 0) is 9.53 Å². The normalized spacial score (nSPS) is 11.7. The standard InChI is InChI=1S/C13H19N3O3/c1-9(8-19-2)16-12(17)7-15-11-6-4-3-5-10(11)13(14)18/h3-6,9,15H,7-8H2,1-2H3,(H2,14,18)(H,16,17). The lowest BCUT2D eigenvalue weighted by molar-refractivity contribution is -0.120. The molecule has 104 valence electrons. The zero-order valence-corrected chi connectivity index (χ0v) is 11.1. The average Bonchev–Trinajstić information content (AvgIpc) is 2.36. The number of benzene rings is 1. The van der Waals surface area contributed by atoms with Crippen molar-refractivity contribution in [1.82, 2.24) is 5.32 Å². The van der Waals surface area contributed by atoms with Crippen molar-refractivity contribution in [3.8, 4) is 0 Å². The fraction of sp³-hybridized carbons (Fsp3) is 0.385. The van der Waals surface area contributed by atoms with Crippen molar-refractivity contribution in [2.24, 2.45) is 5.73 Å². The zero-order valence-electron chi connectivity index (χ0n) is 11.1. The van der Waals surface area contributed by atoms with Gasteiger partial charge in [-0.3, -0.25) is 9.59 Å². The van der Waals surface area contributed by atoms with Gasteiger partial charge in [0, 0.05) is 18.8 Å². The van der Waals surface area contributed by atoms with Gasteiger partial charge in [-0.25, -0.2) is 0 Å². The lowest BCUT2D eigenvalue weighted by atomic mass is 10.1. The van der Waals surface area contributed by atoms with Crippen LogP contribution in [0.5, 0.6) is 0 Å². The van der Waals surface area contributed by atoms with Crippen LogP contribution in [0, 0.1) is 0 Å². The average molecular weight is 265 g/mol. The van der Waals surface area contributed by atoms with Gasteiger partial charge >= 0.3 is 0 Å². The number of methoxy groups -OCH3 is 1. The molecule has 0 spiro atoms. The molecule has 1 rings (SSSR count). The zero-order chi connectivity index (χ0) is 14.3. The maximum Gasteiger partial charge on any atom is 0.250 e. The molecule has 0 heterocycles. The first-order valence-corrected chi connectivity index (χ1v) is 5.95. The number of amides is 2. The molecule has 1 atom stereocenters. The largest absolute Gasteiger partial charge is 0.383 e. The summed E-state index contributed by atoms with van der Waals surface area (Å²) in [5, 5.41) is 5.65. The summed E-state index contributed by atoms with van der Waals surface area (Å²) in [6, 6.07) is 6.72. The van der Waals surface area contributed by atoms with E-state index >= 15 is 0 Å². The molecule has 0 aliphatic heterocycles. The van der Waals surface area contributed by atoms with Crippen LogP contribution < -0.4 is 16.4 Å². The second-order valence-electron chi connectivity index (χ2n) is 4.19. The van der Waals surface area contributed by atoms with Crippen LogP contribution in [-0.4, -0.2) is 38.1 Å². The molecular weight excluding hydrogens is 246 g/mol. The lowest BCUT2D eigenvalue weighted by Gasteiger charge is -2.14. The summed E-state index contributed by atoms with van der Waals surface area (Å²) in [5.74, 6) is -0.708. The van der Waals surface area contributed by atoms with Crippen LogP contribution in [0.15, 0.2) is 24.3 Å². The van der Waals surface area contributed by atoms with Crippen molar-refractivity contribution in [3.05, 3.63) is 29.8 Å². The van der Waals surface area contributed by atoms with Crippen LogP contribution in [0.4, 0.5) is 5.69 Å². The maximum atomic E-state index is 11.6. The molecular formula is C13H19N3O3. The number of primary amides is 1. The van der Waals surface area contributed by atoms with Crippen molar-refractivity contribution in [3.63, 3.8) is 0 Å². The van der Waals surface area contributed by atoms with E-state index in [4.69, 9.17) is 10.5 Å². The highest BCUT2D eigenvalue weighted by Gasteiger charge is 2.10. The monoisotopic (exact) mass is 265 g/mol. The summed E-state index contributed by atoms with van der Waals surface area (Å²) in [5.41, 5.74) is 6.15. The number of rotatable bonds is 7. The minimum Gasteiger partial charge on any atom is -0.383 e. The van der Waals surface area contributed by atoms with Gasteiger partial charge in [-0.05, 0) is 19.1 Å². The SMILES string of the molecule is COCC(C)NC(=O)CNc1ccccc1C(N)=O. The van der Waals surface area contributed by atoms with Crippen molar-refractivity contribution in [1.29, 1.82) is 0 Å². The first kappa shape index (κ1) is 15.0. The third-order valence-corrected chi connectivity index (χ3v) is 2.46. The van der Waals surface area contributed by atoms with Crippen LogP contribution in [0.25, 0.3) is 0 Å². The van der Waals surface area contributed by atoms with Gasteiger partial charge in [0.25, 0.3) is 5.91 Å². The Kier molecular flexibility index (Phi) is 5.81. The molecule has 0 aromatic heterocycles. The van der Waals surface area contributed by atoms with Gasteiger partial charge in [0.15, 0.2) is 0 Å². The van der Waals surface area contributed by atoms with Crippen LogP contribution >= 0.6 is 0 Å². The summed E-state index contributed by atoms with van der Waals surface area (Å²) in [6.45, 7) is 2.36. The van der Waals surface area contributed by atoms with E-state index in [0.29, 0.717) is 17.9 Å². The molecule has 0 radical (unpaired) electrons. The molecule has 1 aromatic rings. The van der Waals surface area contributed by atoms with E-state index < -0.39 is 5.91 Å². The molecule has 0 saturated heterocycles. The van der Waals surface area contributed by atoms with E-state index in [0.717, 1.165) is 0 Å². The van der Waals surface area contributed by atoms with Gasteiger partial charge in [-0.15, -0.1) is 0 Å². The smallest absolute Gasteiger partial charge is 0.250 e. The summed E-state index contributed by atoms with van der Waals surface area (Å²) in [4.78, 5) is 22.8. The summed E-state index contributed by atoms with van der Waals surface area (Å²) in [7, 11) is 1.57. The first-order valence-electron chi connectivity index (χ1n) is 5.95. The third kappa shape index (κ3) is 4.97. The molecule has 6 nitrogen and oxygen atoms in total. The molecule has 0 fully saturated rings. The topological polar surface area (TPSA) is 93.4 Å². The molecule has 0 bridgehead atoms. The van der Waals surface area contributed by atoms with Gasteiger partial charge in [0.1, 0.15) is 0 Å². The number of para-hydroxylation sites is 1. The van der Waals surface area contributed by atoms with Gasteiger partial charge in [0.05, 0.1) is 18.7 Å². The van der Waals surface area contributed by atoms with Gasteiger partial charge in [-0.1, -0.05) is 12.1 Å². The molecule has 19 heavy (non-hydrogen) atoms. The maximum absolute atomic E-state index is 11.6. The minimum atomic E-state index is -0.531. The van der Waals surface area contributed by atoms with Gasteiger partial charge in [0.2, 0.25) is 5.91 Å². The number of hydrogen-bond donors (Lipinski definition) is 3. The molecule has 0 aliphatic rings.